The Morgan fingerprint density at radius 1 is 1.19 bits per heavy atom. The summed E-state index contributed by atoms with van der Waals surface area (Å²) in [6.07, 6.45) is 0. The quantitative estimate of drug-likeness (QED) is 0.357. The summed E-state index contributed by atoms with van der Waals surface area (Å²) < 4.78 is 12.3. The number of hydrogen-bond donors (Lipinski definition) is 0. The molecule has 0 bridgehead atoms. The molecule has 0 saturated carbocycles. The van der Waals surface area contributed by atoms with E-state index in [0.717, 1.165) is 21.3 Å². The summed E-state index contributed by atoms with van der Waals surface area (Å²) in [6.45, 7) is 6.01. The summed E-state index contributed by atoms with van der Waals surface area (Å²) >= 11 is 4.61. The van der Waals surface area contributed by atoms with Gasteiger partial charge in [0.1, 0.15) is 5.75 Å². The van der Waals surface area contributed by atoms with Crippen LogP contribution in [-0.4, -0.2) is 21.2 Å². The summed E-state index contributed by atoms with van der Waals surface area (Å²) in [6, 6.07) is 13.3. The third-order valence-corrected chi connectivity index (χ3v) is 5.38. The van der Waals surface area contributed by atoms with Gasteiger partial charge in [-0.05, 0) is 50.1 Å². The van der Waals surface area contributed by atoms with E-state index in [4.69, 9.17) is 9.15 Å². The van der Waals surface area contributed by atoms with Crippen LogP contribution in [0.3, 0.4) is 0 Å². The van der Waals surface area contributed by atoms with Gasteiger partial charge in [-0.15, -0.1) is 10.2 Å². The molecular formula is C20H19BrN2O3S. The predicted octanol–water partition coefficient (Wildman–Crippen LogP) is 5.39. The van der Waals surface area contributed by atoms with Crippen LogP contribution in [-0.2, 0) is 6.61 Å². The highest BCUT2D eigenvalue weighted by Crippen LogP contribution is 2.26. The number of carbonyl (C=O) groups excluding carboxylic acids is 1. The van der Waals surface area contributed by atoms with Crippen molar-refractivity contribution >= 4 is 33.5 Å². The largest absolute Gasteiger partial charge is 0.484 e. The molecule has 7 heteroatoms. The van der Waals surface area contributed by atoms with Crippen LogP contribution in [0.5, 0.6) is 5.75 Å². The van der Waals surface area contributed by atoms with Gasteiger partial charge in [-0.1, -0.05) is 52.0 Å². The summed E-state index contributed by atoms with van der Waals surface area (Å²) in [5.74, 6) is 1.18. The van der Waals surface area contributed by atoms with Crippen molar-refractivity contribution in [2.24, 2.45) is 0 Å². The van der Waals surface area contributed by atoms with Crippen LogP contribution in [0.1, 0.15) is 34.3 Å². The van der Waals surface area contributed by atoms with Crippen LogP contribution in [0.25, 0.3) is 0 Å². The van der Waals surface area contributed by atoms with E-state index in [-0.39, 0.29) is 17.6 Å². The zero-order chi connectivity index (χ0) is 19.4. The SMILES string of the molecule is Cc1ccc(C)c(OCc2nnc(SC(C)C(=O)c3ccc(Br)cc3)o2)c1. The zero-order valence-electron chi connectivity index (χ0n) is 15.2. The standard InChI is InChI=1S/C20H19BrN2O3S/c1-12-4-5-13(2)17(10-12)25-11-18-22-23-20(26-18)27-14(3)19(24)15-6-8-16(21)9-7-15/h4-10,14H,11H2,1-3H3. The lowest BCUT2D eigenvalue weighted by Gasteiger charge is -2.08. The fraction of sp³-hybridized carbons (Fsp3) is 0.250. The van der Waals surface area contributed by atoms with Gasteiger partial charge in [-0.2, -0.15) is 0 Å². The number of ether oxygens (including phenoxy) is 1. The Balaban J connectivity index is 1.59. The molecule has 1 heterocycles. The normalized spacial score (nSPS) is 12.0. The second-order valence-electron chi connectivity index (χ2n) is 6.15. The minimum absolute atomic E-state index is 0.0129. The number of carbonyl (C=O) groups is 1. The number of thioether (sulfide) groups is 1. The molecular weight excluding hydrogens is 428 g/mol. The van der Waals surface area contributed by atoms with Crippen molar-refractivity contribution in [1.29, 1.82) is 0 Å². The molecule has 5 nitrogen and oxygen atoms in total. The molecule has 0 aliphatic carbocycles. The molecule has 0 N–H and O–H groups in total. The number of hydrogen-bond acceptors (Lipinski definition) is 6. The fourth-order valence-electron chi connectivity index (χ4n) is 2.40. The van der Waals surface area contributed by atoms with Crippen molar-refractivity contribution < 1.29 is 13.9 Å². The van der Waals surface area contributed by atoms with E-state index in [1.54, 1.807) is 12.1 Å². The van der Waals surface area contributed by atoms with Crippen LogP contribution in [0.15, 0.2) is 56.6 Å². The highest BCUT2D eigenvalue weighted by Gasteiger charge is 2.20. The lowest BCUT2D eigenvalue weighted by Crippen LogP contribution is -2.13. The summed E-state index contributed by atoms with van der Waals surface area (Å²) in [4.78, 5) is 12.5. The van der Waals surface area contributed by atoms with Crippen molar-refractivity contribution in [3.05, 3.63) is 69.5 Å². The third kappa shape index (κ3) is 5.20. The molecule has 1 aromatic heterocycles. The fourth-order valence-corrected chi connectivity index (χ4v) is 3.44. The van der Waals surface area contributed by atoms with Crippen LogP contribution in [0.2, 0.25) is 0 Å². The summed E-state index contributed by atoms with van der Waals surface area (Å²) in [5, 5.41) is 8.03. The molecule has 0 aliphatic rings. The first-order valence-electron chi connectivity index (χ1n) is 8.41. The van der Waals surface area contributed by atoms with Gasteiger partial charge in [0.15, 0.2) is 12.4 Å². The minimum Gasteiger partial charge on any atom is -0.484 e. The number of aromatic nitrogens is 2. The molecule has 140 valence electrons. The van der Waals surface area contributed by atoms with Gasteiger partial charge in [-0.25, -0.2) is 0 Å². The number of aryl methyl sites for hydroxylation is 2. The predicted molar refractivity (Wildman–Crippen MR) is 108 cm³/mol. The molecule has 3 aromatic rings. The lowest BCUT2D eigenvalue weighted by atomic mass is 10.1. The maximum atomic E-state index is 12.5. The first kappa shape index (κ1) is 19.6. The zero-order valence-corrected chi connectivity index (χ0v) is 17.6. The van der Waals surface area contributed by atoms with Gasteiger partial charge >= 0.3 is 0 Å². The molecule has 0 amide bonds. The maximum absolute atomic E-state index is 12.5. The van der Waals surface area contributed by atoms with E-state index in [2.05, 4.69) is 26.1 Å². The van der Waals surface area contributed by atoms with Crippen molar-refractivity contribution in [3.63, 3.8) is 0 Å². The number of ketones is 1. The average molecular weight is 447 g/mol. The summed E-state index contributed by atoms with van der Waals surface area (Å²) in [5.41, 5.74) is 2.82. The van der Waals surface area contributed by atoms with Crippen LogP contribution >= 0.6 is 27.7 Å². The van der Waals surface area contributed by atoms with Gasteiger partial charge in [0.25, 0.3) is 11.1 Å². The van der Waals surface area contributed by atoms with E-state index in [1.807, 2.05) is 51.1 Å². The average Bonchev–Trinajstić information content (AvgIpc) is 3.10. The van der Waals surface area contributed by atoms with E-state index >= 15 is 0 Å². The highest BCUT2D eigenvalue weighted by molar-refractivity contribution is 9.10. The van der Waals surface area contributed by atoms with Crippen LogP contribution < -0.4 is 4.74 Å². The lowest BCUT2D eigenvalue weighted by molar-refractivity contribution is 0.0993. The van der Waals surface area contributed by atoms with Gasteiger partial charge in [0, 0.05) is 10.0 Å². The first-order valence-corrected chi connectivity index (χ1v) is 10.1. The van der Waals surface area contributed by atoms with Crippen molar-refractivity contribution in [2.75, 3.05) is 0 Å². The van der Waals surface area contributed by atoms with E-state index in [1.165, 1.54) is 11.8 Å². The Morgan fingerprint density at radius 2 is 1.93 bits per heavy atom. The van der Waals surface area contributed by atoms with Crippen molar-refractivity contribution in [1.82, 2.24) is 10.2 Å². The molecule has 27 heavy (non-hydrogen) atoms. The smallest absolute Gasteiger partial charge is 0.277 e. The van der Waals surface area contributed by atoms with E-state index in [0.29, 0.717) is 16.7 Å². The topological polar surface area (TPSA) is 65.2 Å². The maximum Gasteiger partial charge on any atom is 0.277 e. The Hall–Kier alpha value is -2.12. The Morgan fingerprint density at radius 3 is 2.67 bits per heavy atom. The number of nitrogens with zero attached hydrogens (tertiary/aromatic N) is 2. The number of Topliss-reactive ketones (excluding diaryl/α,β-unsaturated/α-hetero) is 1. The number of halogens is 1. The van der Waals surface area contributed by atoms with Gasteiger partial charge in [-0.3, -0.25) is 4.79 Å². The first-order chi connectivity index (χ1) is 12.9. The molecule has 1 unspecified atom stereocenters. The van der Waals surface area contributed by atoms with Crippen molar-refractivity contribution in [2.45, 2.75) is 37.9 Å². The van der Waals surface area contributed by atoms with Gasteiger partial charge in [0.05, 0.1) is 5.25 Å². The summed E-state index contributed by atoms with van der Waals surface area (Å²) in [7, 11) is 0. The monoisotopic (exact) mass is 446 g/mol. The minimum atomic E-state index is -0.334. The Kier molecular flexibility index (Phi) is 6.34. The molecule has 3 rings (SSSR count). The van der Waals surface area contributed by atoms with Crippen molar-refractivity contribution in [3.8, 4) is 5.75 Å². The second-order valence-corrected chi connectivity index (χ2v) is 8.36. The Bertz CT molecular complexity index is 941. The molecule has 1 atom stereocenters. The van der Waals surface area contributed by atoms with Crippen LogP contribution in [0.4, 0.5) is 0 Å². The molecule has 2 aromatic carbocycles. The molecule has 0 radical (unpaired) electrons. The van der Waals surface area contributed by atoms with Crippen LogP contribution in [0, 0.1) is 13.8 Å². The third-order valence-electron chi connectivity index (χ3n) is 3.92. The second kappa shape index (κ2) is 8.71. The van der Waals surface area contributed by atoms with Gasteiger partial charge in [0.2, 0.25) is 0 Å². The molecule has 0 fully saturated rings. The van der Waals surface area contributed by atoms with E-state index < -0.39 is 0 Å². The number of rotatable bonds is 7. The molecule has 0 saturated heterocycles. The Labute approximate surface area is 170 Å². The number of benzene rings is 2. The van der Waals surface area contributed by atoms with E-state index in [9.17, 15) is 4.79 Å². The van der Waals surface area contributed by atoms with Gasteiger partial charge < -0.3 is 9.15 Å². The molecule has 0 spiro atoms. The highest BCUT2D eigenvalue weighted by atomic mass is 79.9. The molecule has 0 aliphatic heterocycles.